The molecule has 0 radical (unpaired) electrons. The summed E-state index contributed by atoms with van der Waals surface area (Å²) >= 11 is 0. The standard InChI is InChI=1S/C9H14O.C8H12O/c1-10-8-7-9-5-3-2-4-6-9;9-7-6-8-4-2-1-3-5-8/h2-3,7-9H,4-6H2,1H3;1-2,7-8H,3-6H2/b8-7+;. The Morgan fingerprint density at radius 1 is 1.11 bits per heavy atom. The third-order valence-corrected chi connectivity index (χ3v) is 3.60. The number of allylic oxidation sites excluding steroid dienone is 5. The van der Waals surface area contributed by atoms with Crippen LogP contribution in [0.5, 0.6) is 0 Å². The Morgan fingerprint density at radius 2 is 1.84 bits per heavy atom. The highest BCUT2D eigenvalue weighted by Crippen LogP contribution is 2.20. The first-order chi connectivity index (χ1) is 9.36. The largest absolute Gasteiger partial charge is 0.505 e. The average Bonchev–Trinajstić information content (AvgIpc) is 2.48. The number of aldehydes is 1. The molecule has 2 aliphatic carbocycles. The zero-order chi connectivity index (χ0) is 13.8. The van der Waals surface area contributed by atoms with E-state index in [1.54, 1.807) is 13.4 Å². The van der Waals surface area contributed by atoms with Crippen LogP contribution in [0.15, 0.2) is 36.6 Å². The van der Waals surface area contributed by atoms with Crippen molar-refractivity contribution in [3.05, 3.63) is 36.6 Å². The van der Waals surface area contributed by atoms with Gasteiger partial charge in [-0.25, -0.2) is 0 Å². The van der Waals surface area contributed by atoms with Crippen molar-refractivity contribution in [1.82, 2.24) is 0 Å². The molecule has 0 N–H and O–H groups in total. The molecule has 0 amide bonds. The third kappa shape index (κ3) is 7.66. The molecule has 2 aliphatic rings. The topological polar surface area (TPSA) is 26.3 Å². The molecule has 0 saturated carbocycles. The first-order valence-electron chi connectivity index (χ1n) is 7.30. The van der Waals surface area contributed by atoms with Gasteiger partial charge in [-0.3, -0.25) is 0 Å². The Bertz CT molecular complexity index is 315. The number of methoxy groups -OCH3 is 1. The summed E-state index contributed by atoms with van der Waals surface area (Å²) in [5, 5.41) is 0. The van der Waals surface area contributed by atoms with E-state index < -0.39 is 0 Å². The third-order valence-electron chi connectivity index (χ3n) is 3.60. The minimum atomic E-state index is 0.646. The number of hydrogen-bond acceptors (Lipinski definition) is 2. The summed E-state index contributed by atoms with van der Waals surface area (Å²) in [6, 6.07) is 0. The highest BCUT2D eigenvalue weighted by molar-refractivity contribution is 5.49. The zero-order valence-electron chi connectivity index (χ0n) is 12.0. The summed E-state index contributed by atoms with van der Waals surface area (Å²) in [6.45, 7) is 0. The number of rotatable bonds is 4. The Morgan fingerprint density at radius 3 is 2.37 bits per heavy atom. The van der Waals surface area contributed by atoms with Crippen LogP contribution >= 0.6 is 0 Å². The van der Waals surface area contributed by atoms with Crippen molar-refractivity contribution < 1.29 is 9.53 Å². The molecule has 2 rings (SSSR count). The molecule has 0 fully saturated rings. The van der Waals surface area contributed by atoms with Gasteiger partial charge in [0.25, 0.3) is 0 Å². The van der Waals surface area contributed by atoms with E-state index in [-0.39, 0.29) is 0 Å². The number of carbonyl (C=O) groups is 1. The quantitative estimate of drug-likeness (QED) is 0.425. The Kier molecular flexibility index (Phi) is 8.78. The summed E-state index contributed by atoms with van der Waals surface area (Å²) in [5.74, 6) is 1.36. The monoisotopic (exact) mass is 262 g/mol. The van der Waals surface area contributed by atoms with Crippen LogP contribution < -0.4 is 0 Å². The first kappa shape index (κ1) is 15.7. The van der Waals surface area contributed by atoms with Gasteiger partial charge in [0.2, 0.25) is 0 Å². The lowest BCUT2D eigenvalue weighted by Crippen LogP contribution is -2.02. The second-order valence-corrected chi connectivity index (χ2v) is 5.16. The Labute approximate surface area is 117 Å². The maximum atomic E-state index is 10.0. The van der Waals surface area contributed by atoms with E-state index in [0.717, 1.165) is 19.1 Å². The molecule has 2 unspecified atom stereocenters. The minimum Gasteiger partial charge on any atom is -0.505 e. The van der Waals surface area contributed by atoms with Crippen molar-refractivity contribution in [2.45, 2.75) is 44.9 Å². The molecule has 0 saturated heterocycles. The van der Waals surface area contributed by atoms with E-state index in [1.807, 2.05) is 0 Å². The van der Waals surface area contributed by atoms with Crippen molar-refractivity contribution in [2.75, 3.05) is 7.11 Å². The van der Waals surface area contributed by atoms with E-state index >= 15 is 0 Å². The normalized spacial score (nSPS) is 25.7. The summed E-state index contributed by atoms with van der Waals surface area (Å²) in [7, 11) is 1.69. The molecule has 0 aromatic rings. The van der Waals surface area contributed by atoms with E-state index in [9.17, 15) is 4.79 Å². The lowest BCUT2D eigenvalue weighted by molar-refractivity contribution is -0.108. The molecule has 0 bridgehead atoms. The minimum absolute atomic E-state index is 0.646. The molecule has 19 heavy (non-hydrogen) atoms. The van der Waals surface area contributed by atoms with Crippen molar-refractivity contribution in [3.8, 4) is 0 Å². The van der Waals surface area contributed by atoms with Crippen molar-refractivity contribution >= 4 is 6.29 Å². The smallest absolute Gasteiger partial charge is 0.120 e. The van der Waals surface area contributed by atoms with Crippen molar-refractivity contribution in [3.63, 3.8) is 0 Å². The number of hydrogen-bond donors (Lipinski definition) is 0. The maximum Gasteiger partial charge on any atom is 0.120 e. The van der Waals surface area contributed by atoms with Crippen LogP contribution in [0, 0.1) is 11.8 Å². The van der Waals surface area contributed by atoms with Crippen LogP contribution in [0.1, 0.15) is 44.9 Å². The number of ether oxygens (including phenoxy) is 1. The van der Waals surface area contributed by atoms with Gasteiger partial charge >= 0.3 is 0 Å². The van der Waals surface area contributed by atoms with Crippen LogP contribution in [-0.2, 0) is 9.53 Å². The molecule has 2 heteroatoms. The van der Waals surface area contributed by atoms with Gasteiger partial charge in [0.15, 0.2) is 0 Å². The highest BCUT2D eigenvalue weighted by atomic mass is 16.5. The van der Waals surface area contributed by atoms with Gasteiger partial charge in [-0.15, -0.1) is 0 Å². The van der Waals surface area contributed by atoms with Crippen LogP contribution in [-0.4, -0.2) is 13.4 Å². The zero-order valence-corrected chi connectivity index (χ0v) is 12.0. The van der Waals surface area contributed by atoms with Crippen molar-refractivity contribution in [2.24, 2.45) is 11.8 Å². The first-order valence-corrected chi connectivity index (χ1v) is 7.30. The molecule has 106 valence electrons. The molecule has 0 aromatic heterocycles. The molecule has 0 spiro atoms. The van der Waals surface area contributed by atoms with Crippen LogP contribution in [0.4, 0.5) is 0 Å². The maximum absolute atomic E-state index is 10.0. The molecule has 0 heterocycles. The van der Waals surface area contributed by atoms with E-state index in [1.165, 1.54) is 32.1 Å². The van der Waals surface area contributed by atoms with Gasteiger partial charge in [0, 0.05) is 6.42 Å². The lowest BCUT2D eigenvalue weighted by atomic mass is 9.92. The second kappa shape index (κ2) is 10.6. The Hall–Kier alpha value is -1.31. The fourth-order valence-corrected chi connectivity index (χ4v) is 2.39. The van der Waals surface area contributed by atoms with Gasteiger partial charge in [0.05, 0.1) is 13.4 Å². The number of carbonyl (C=O) groups excluding carboxylic acids is 1. The van der Waals surface area contributed by atoms with Crippen molar-refractivity contribution in [1.29, 1.82) is 0 Å². The van der Waals surface area contributed by atoms with Gasteiger partial charge in [-0.1, -0.05) is 24.3 Å². The van der Waals surface area contributed by atoms with Crippen LogP contribution in [0.3, 0.4) is 0 Å². The average molecular weight is 262 g/mol. The molecule has 0 aromatic carbocycles. The highest BCUT2D eigenvalue weighted by Gasteiger charge is 2.07. The summed E-state index contributed by atoms with van der Waals surface area (Å²) in [4.78, 5) is 10.0. The lowest BCUT2D eigenvalue weighted by Gasteiger charge is -2.13. The molecule has 2 atom stereocenters. The molecule has 2 nitrogen and oxygen atoms in total. The van der Waals surface area contributed by atoms with Gasteiger partial charge < -0.3 is 9.53 Å². The fraction of sp³-hybridized carbons (Fsp3) is 0.588. The van der Waals surface area contributed by atoms with Crippen LogP contribution in [0.25, 0.3) is 0 Å². The SMILES string of the molecule is CO/C=C/C1CC=CCC1.O=CCC1CC=CCC1. The summed E-state index contributed by atoms with van der Waals surface area (Å²) in [5.41, 5.74) is 0. The van der Waals surface area contributed by atoms with E-state index in [2.05, 4.69) is 30.4 Å². The van der Waals surface area contributed by atoms with Gasteiger partial charge in [-0.2, -0.15) is 0 Å². The van der Waals surface area contributed by atoms with Crippen LogP contribution in [0.2, 0.25) is 0 Å². The molecule has 0 aliphatic heterocycles. The summed E-state index contributed by atoms with van der Waals surface area (Å²) < 4.78 is 4.84. The molecular formula is C17H26O2. The fourth-order valence-electron chi connectivity index (χ4n) is 2.39. The Balaban J connectivity index is 0.000000191. The predicted molar refractivity (Wildman–Crippen MR) is 79.8 cm³/mol. The second-order valence-electron chi connectivity index (χ2n) is 5.16. The van der Waals surface area contributed by atoms with E-state index in [0.29, 0.717) is 11.8 Å². The van der Waals surface area contributed by atoms with Gasteiger partial charge in [0.1, 0.15) is 6.29 Å². The van der Waals surface area contributed by atoms with E-state index in [4.69, 9.17) is 4.74 Å². The molecular weight excluding hydrogens is 236 g/mol. The van der Waals surface area contributed by atoms with Gasteiger partial charge in [-0.05, 0) is 56.4 Å². The predicted octanol–water partition coefficient (Wildman–Crippen LogP) is 4.43. The summed E-state index contributed by atoms with van der Waals surface area (Å²) in [6.07, 6.45) is 21.7.